The first kappa shape index (κ1) is 13.2. The van der Waals surface area contributed by atoms with E-state index in [1.54, 1.807) is 17.0 Å². The molecule has 106 valence electrons. The number of ether oxygens (including phenoxy) is 2. The van der Waals surface area contributed by atoms with E-state index >= 15 is 0 Å². The molecule has 0 atom stereocenters. The Labute approximate surface area is 113 Å². The lowest BCUT2D eigenvalue weighted by Gasteiger charge is -2.09. The van der Waals surface area contributed by atoms with E-state index in [9.17, 15) is 13.2 Å². The van der Waals surface area contributed by atoms with Crippen LogP contribution in [0.25, 0.3) is 5.69 Å². The zero-order valence-electron chi connectivity index (χ0n) is 10.4. The van der Waals surface area contributed by atoms with E-state index in [0.29, 0.717) is 18.9 Å². The second-order valence-corrected chi connectivity index (χ2v) is 4.47. The fourth-order valence-electron chi connectivity index (χ4n) is 2.09. The van der Waals surface area contributed by atoms with Crippen molar-refractivity contribution in [2.45, 2.75) is 12.5 Å². The maximum absolute atomic E-state index is 12.5. The normalized spacial score (nSPS) is 16.8. The summed E-state index contributed by atoms with van der Waals surface area (Å²) in [5.74, 6) is 0. The summed E-state index contributed by atoms with van der Waals surface area (Å²) >= 11 is 0. The highest BCUT2D eigenvalue weighted by atomic mass is 19.4. The van der Waals surface area contributed by atoms with Crippen LogP contribution in [0.4, 0.5) is 13.2 Å². The molecule has 0 spiro atoms. The molecule has 1 aliphatic heterocycles. The van der Waals surface area contributed by atoms with Crippen molar-refractivity contribution in [1.29, 1.82) is 0 Å². The lowest BCUT2D eigenvalue weighted by atomic mass is 10.2. The van der Waals surface area contributed by atoms with Crippen molar-refractivity contribution >= 4 is 0 Å². The number of nitrogens with zero attached hydrogens (tertiary/aromatic N) is 1. The smallest absolute Gasteiger partial charge is 0.346 e. The average molecular weight is 283 g/mol. The Balaban J connectivity index is 1.82. The SMILES string of the molecule is FC(F)(F)c1ccc(-n2ccc(C3OCCO3)c2)cc1. The Hall–Kier alpha value is -1.79. The van der Waals surface area contributed by atoms with Crippen LogP contribution >= 0.6 is 0 Å². The highest BCUT2D eigenvalue weighted by Crippen LogP contribution is 2.30. The summed E-state index contributed by atoms with van der Waals surface area (Å²) in [6, 6.07) is 6.83. The van der Waals surface area contributed by atoms with Crippen LogP contribution in [0.1, 0.15) is 17.4 Å². The van der Waals surface area contributed by atoms with Crippen molar-refractivity contribution in [3.05, 3.63) is 53.9 Å². The molecule has 0 bridgehead atoms. The van der Waals surface area contributed by atoms with Crippen LogP contribution in [-0.4, -0.2) is 17.8 Å². The first-order valence-electron chi connectivity index (χ1n) is 6.13. The minimum absolute atomic E-state index is 0.384. The van der Waals surface area contributed by atoms with Crippen molar-refractivity contribution in [3.8, 4) is 5.69 Å². The highest BCUT2D eigenvalue weighted by Gasteiger charge is 2.30. The van der Waals surface area contributed by atoms with E-state index in [1.165, 1.54) is 12.1 Å². The molecule has 1 aliphatic rings. The van der Waals surface area contributed by atoms with Gasteiger partial charge in [-0.15, -0.1) is 0 Å². The lowest BCUT2D eigenvalue weighted by molar-refractivity contribution is -0.137. The summed E-state index contributed by atoms with van der Waals surface area (Å²) in [5.41, 5.74) is 0.848. The molecular formula is C14H12F3NO2. The number of rotatable bonds is 2. The van der Waals surface area contributed by atoms with Gasteiger partial charge < -0.3 is 14.0 Å². The predicted molar refractivity (Wildman–Crippen MR) is 65.4 cm³/mol. The molecule has 0 radical (unpaired) electrons. The topological polar surface area (TPSA) is 23.4 Å². The number of aromatic nitrogens is 1. The van der Waals surface area contributed by atoms with Gasteiger partial charge in [0.15, 0.2) is 6.29 Å². The van der Waals surface area contributed by atoms with Gasteiger partial charge in [0.25, 0.3) is 0 Å². The minimum Gasteiger partial charge on any atom is -0.346 e. The summed E-state index contributed by atoms with van der Waals surface area (Å²) in [7, 11) is 0. The van der Waals surface area contributed by atoms with E-state index < -0.39 is 11.7 Å². The number of halogens is 3. The van der Waals surface area contributed by atoms with Crippen LogP contribution in [0.15, 0.2) is 42.7 Å². The molecule has 3 rings (SSSR count). The molecule has 0 N–H and O–H groups in total. The molecule has 3 nitrogen and oxygen atoms in total. The van der Waals surface area contributed by atoms with Crippen LogP contribution < -0.4 is 0 Å². The molecular weight excluding hydrogens is 271 g/mol. The van der Waals surface area contributed by atoms with Crippen molar-refractivity contribution in [1.82, 2.24) is 4.57 Å². The number of alkyl halides is 3. The monoisotopic (exact) mass is 283 g/mol. The maximum Gasteiger partial charge on any atom is 0.416 e. The van der Waals surface area contributed by atoms with Crippen LogP contribution in [0.5, 0.6) is 0 Å². The Morgan fingerprint density at radius 2 is 1.65 bits per heavy atom. The lowest BCUT2D eigenvalue weighted by Crippen LogP contribution is -2.04. The van der Waals surface area contributed by atoms with Gasteiger partial charge in [0.05, 0.1) is 18.8 Å². The van der Waals surface area contributed by atoms with Crippen molar-refractivity contribution in [2.75, 3.05) is 13.2 Å². The zero-order valence-corrected chi connectivity index (χ0v) is 10.4. The molecule has 2 heterocycles. The molecule has 2 aromatic rings. The Bertz CT molecular complexity index is 583. The number of hydrogen-bond acceptors (Lipinski definition) is 2. The summed E-state index contributed by atoms with van der Waals surface area (Å²) < 4.78 is 49.9. The molecule has 1 aromatic heterocycles. The molecule has 20 heavy (non-hydrogen) atoms. The second kappa shape index (κ2) is 4.96. The molecule has 1 fully saturated rings. The van der Waals surface area contributed by atoms with Crippen LogP contribution in [0.2, 0.25) is 0 Å². The Kier molecular flexibility index (Phi) is 3.27. The summed E-state index contributed by atoms with van der Waals surface area (Å²) in [5, 5.41) is 0. The van der Waals surface area contributed by atoms with Crippen LogP contribution in [0, 0.1) is 0 Å². The molecule has 1 aromatic carbocycles. The quantitative estimate of drug-likeness (QED) is 0.841. The van der Waals surface area contributed by atoms with Gasteiger partial charge in [-0.05, 0) is 30.3 Å². The summed E-state index contributed by atoms with van der Waals surface area (Å²) in [4.78, 5) is 0. The van der Waals surface area contributed by atoms with Gasteiger partial charge in [-0.25, -0.2) is 0 Å². The fraction of sp³-hybridized carbons (Fsp3) is 0.286. The highest BCUT2D eigenvalue weighted by molar-refractivity contribution is 5.37. The molecule has 1 saturated heterocycles. The van der Waals surface area contributed by atoms with Crippen molar-refractivity contribution in [3.63, 3.8) is 0 Å². The van der Waals surface area contributed by atoms with E-state index in [0.717, 1.165) is 17.7 Å². The van der Waals surface area contributed by atoms with Gasteiger partial charge >= 0.3 is 6.18 Å². The van der Waals surface area contributed by atoms with E-state index in [-0.39, 0.29) is 6.29 Å². The van der Waals surface area contributed by atoms with Gasteiger partial charge in [0, 0.05) is 23.6 Å². The summed E-state index contributed by atoms with van der Waals surface area (Å²) in [6.07, 6.45) is -1.14. The van der Waals surface area contributed by atoms with Crippen LogP contribution in [0.3, 0.4) is 0 Å². The van der Waals surface area contributed by atoms with Crippen molar-refractivity contribution < 1.29 is 22.6 Å². The largest absolute Gasteiger partial charge is 0.416 e. The van der Waals surface area contributed by atoms with Crippen LogP contribution in [-0.2, 0) is 15.7 Å². The molecule has 6 heteroatoms. The maximum atomic E-state index is 12.5. The van der Waals surface area contributed by atoms with Gasteiger partial charge in [-0.1, -0.05) is 0 Å². The zero-order chi connectivity index (χ0) is 14.2. The number of hydrogen-bond donors (Lipinski definition) is 0. The van der Waals surface area contributed by atoms with E-state index in [2.05, 4.69) is 0 Å². The van der Waals surface area contributed by atoms with Gasteiger partial charge in [-0.2, -0.15) is 13.2 Å². The summed E-state index contributed by atoms with van der Waals surface area (Å²) in [6.45, 7) is 1.10. The van der Waals surface area contributed by atoms with Gasteiger partial charge in [-0.3, -0.25) is 0 Å². The molecule has 0 amide bonds. The molecule has 0 saturated carbocycles. The predicted octanol–water partition coefficient (Wildman–Crippen LogP) is 3.54. The van der Waals surface area contributed by atoms with Gasteiger partial charge in [0.1, 0.15) is 0 Å². The number of benzene rings is 1. The van der Waals surface area contributed by atoms with Gasteiger partial charge in [0.2, 0.25) is 0 Å². The molecule has 0 aliphatic carbocycles. The second-order valence-electron chi connectivity index (χ2n) is 4.47. The fourth-order valence-corrected chi connectivity index (χ4v) is 2.09. The Morgan fingerprint density at radius 3 is 2.25 bits per heavy atom. The third kappa shape index (κ3) is 2.57. The Morgan fingerprint density at radius 1 is 1.00 bits per heavy atom. The molecule has 0 unspecified atom stereocenters. The first-order chi connectivity index (χ1) is 9.54. The average Bonchev–Trinajstić information content (AvgIpc) is 3.09. The minimum atomic E-state index is -4.31. The van der Waals surface area contributed by atoms with E-state index in [1.807, 2.05) is 6.07 Å². The van der Waals surface area contributed by atoms with E-state index in [4.69, 9.17) is 9.47 Å². The third-order valence-corrected chi connectivity index (χ3v) is 3.10. The third-order valence-electron chi connectivity index (χ3n) is 3.10. The van der Waals surface area contributed by atoms with Crippen molar-refractivity contribution in [2.24, 2.45) is 0 Å². The standard InChI is InChI=1S/C14H12F3NO2/c15-14(16,17)11-1-3-12(4-2-11)18-6-5-10(9-18)13-19-7-8-20-13/h1-6,9,13H,7-8H2. The first-order valence-corrected chi connectivity index (χ1v) is 6.13.